The fourth-order valence-corrected chi connectivity index (χ4v) is 3.22. The summed E-state index contributed by atoms with van der Waals surface area (Å²) in [6.45, 7) is 0.459. The third-order valence-corrected chi connectivity index (χ3v) is 4.78. The SMILES string of the molecule is O=C(Nc1ccc(C(F)(F)F)cc1)c1nccnc1NC[C@@H]1CCCC[C@@H]1O. The Morgan fingerprint density at radius 1 is 1.11 bits per heavy atom. The number of nitrogens with one attached hydrogen (secondary N) is 2. The Kier molecular flexibility index (Phi) is 6.13. The molecule has 2 aromatic rings. The molecule has 1 amide bonds. The van der Waals surface area contributed by atoms with Crippen molar-refractivity contribution in [3.63, 3.8) is 0 Å². The molecule has 3 rings (SSSR count). The average molecular weight is 394 g/mol. The zero-order chi connectivity index (χ0) is 20.1. The Balaban J connectivity index is 1.67. The van der Waals surface area contributed by atoms with Gasteiger partial charge in [0, 0.05) is 30.5 Å². The number of hydrogen-bond donors (Lipinski definition) is 3. The number of aromatic nitrogens is 2. The number of alkyl halides is 3. The number of carbonyl (C=O) groups excluding carboxylic acids is 1. The Bertz CT molecular complexity index is 812. The first-order valence-electron chi connectivity index (χ1n) is 9.06. The minimum Gasteiger partial charge on any atom is -0.393 e. The van der Waals surface area contributed by atoms with Crippen molar-refractivity contribution in [1.82, 2.24) is 9.97 Å². The summed E-state index contributed by atoms with van der Waals surface area (Å²) in [6.07, 6.45) is 1.68. The maximum Gasteiger partial charge on any atom is 0.416 e. The molecule has 1 fully saturated rings. The van der Waals surface area contributed by atoms with Gasteiger partial charge in [0.2, 0.25) is 0 Å². The van der Waals surface area contributed by atoms with Crippen LogP contribution in [0.5, 0.6) is 0 Å². The molecule has 0 unspecified atom stereocenters. The van der Waals surface area contributed by atoms with Gasteiger partial charge in [0.25, 0.3) is 5.91 Å². The second kappa shape index (κ2) is 8.55. The summed E-state index contributed by atoms with van der Waals surface area (Å²) in [6, 6.07) is 4.16. The number of aliphatic hydroxyl groups is 1. The van der Waals surface area contributed by atoms with Gasteiger partial charge in [0.1, 0.15) is 0 Å². The lowest BCUT2D eigenvalue weighted by atomic mass is 9.86. The van der Waals surface area contributed by atoms with Crippen LogP contribution in [0.4, 0.5) is 24.7 Å². The standard InChI is InChI=1S/C19H21F3N4O2/c20-19(21,22)13-5-7-14(8-6-13)26-18(28)16-17(24-10-9-23-16)25-11-12-3-1-2-4-15(12)27/h5-10,12,15,27H,1-4,11H2,(H,24,25)(H,26,28)/t12-,15-/m0/s1. The predicted octanol–water partition coefficient (Wildman–Crippen LogP) is 3.71. The number of hydrogen-bond acceptors (Lipinski definition) is 5. The largest absolute Gasteiger partial charge is 0.416 e. The normalized spacial score (nSPS) is 19.9. The van der Waals surface area contributed by atoms with Crippen LogP contribution >= 0.6 is 0 Å². The Morgan fingerprint density at radius 2 is 1.79 bits per heavy atom. The van der Waals surface area contributed by atoms with Crippen LogP contribution in [0.3, 0.4) is 0 Å². The van der Waals surface area contributed by atoms with Crippen molar-refractivity contribution in [3.8, 4) is 0 Å². The molecule has 1 heterocycles. The lowest BCUT2D eigenvalue weighted by Gasteiger charge is -2.27. The first-order valence-corrected chi connectivity index (χ1v) is 9.06. The van der Waals surface area contributed by atoms with E-state index in [0.717, 1.165) is 37.8 Å². The number of benzene rings is 1. The molecule has 150 valence electrons. The fraction of sp³-hybridized carbons (Fsp3) is 0.421. The van der Waals surface area contributed by atoms with Crippen molar-refractivity contribution in [1.29, 1.82) is 0 Å². The van der Waals surface area contributed by atoms with Crippen LogP contribution in [0.15, 0.2) is 36.7 Å². The van der Waals surface area contributed by atoms with Gasteiger partial charge in [0.15, 0.2) is 11.5 Å². The predicted molar refractivity (Wildman–Crippen MR) is 97.9 cm³/mol. The molecule has 9 heteroatoms. The van der Waals surface area contributed by atoms with Crippen molar-refractivity contribution in [2.75, 3.05) is 17.2 Å². The first kappa shape index (κ1) is 20.1. The number of rotatable bonds is 5. The highest BCUT2D eigenvalue weighted by Crippen LogP contribution is 2.30. The number of carbonyl (C=O) groups is 1. The van der Waals surface area contributed by atoms with E-state index in [2.05, 4.69) is 20.6 Å². The van der Waals surface area contributed by atoms with Gasteiger partial charge in [-0.3, -0.25) is 4.79 Å². The van der Waals surface area contributed by atoms with E-state index in [-0.39, 0.29) is 29.2 Å². The van der Waals surface area contributed by atoms with Crippen molar-refractivity contribution in [2.24, 2.45) is 5.92 Å². The van der Waals surface area contributed by atoms with Crippen LogP contribution in [0.25, 0.3) is 0 Å². The molecule has 0 bridgehead atoms. The molecule has 3 N–H and O–H groups in total. The topological polar surface area (TPSA) is 87.1 Å². The highest BCUT2D eigenvalue weighted by Gasteiger charge is 2.30. The fourth-order valence-electron chi connectivity index (χ4n) is 3.22. The summed E-state index contributed by atoms with van der Waals surface area (Å²) >= 11 is 0. The summed E-state index contributed by atoms with van der Waals surface area (Å²) in [5.74, 6) is -0.245. The van der Waals surface area contributed by atoms with Crippen LogP contribution < -0.4 is 10.6 Å². The van der Waals surface area contributed by atoms with E-state index in [1.165, 1.54) is 24.5 Å². The lowest BCUT2D eigenvalue weighted by Crippen LogP contribution is -2.31. The highest BCUT2D eigenvalue weighted by molar-refractivity contribution is 6.05. The summed E-state index contributed by atoms with van der Waals surface area (Å²) in [7, 11) is 0. The molecule has 0 spiro atoms. The van der Waals surface area contributed by atoms with Gasteiger partial charge in [-0.05, 0) is 37.1 Å². The molecule has 1 aliphatic carbocycles. The van der Waals surface area contributed by atoms with Crippen molar-refractivity contribution in [3.05, 3.63) is 47.9 Å². The van der Waals surface area contributed by atoms with E-state index in [1.807, 2.05) is 0 Å². The van der Waals surface area contributed by atoms with Crippen LogP contribution in [0, 0.1) is 5.92 Å². The van der Waals surface area contributed by atoms with E-state index < -0.39 is 17.6 Å². The van der Waals surface area contributed by atoms with Crippen LogP contribution in [-0.4, -0.2) is 33.6 Å². The molecule has 2 atom stereocenters. The third kappa shape index (κ3) is 4.98. The van der Waals surface area contributed by atoms with Crippen LogP contribution in [0.2, 0.25) is 0 Å². The molecular formula is C19H21F3N4O2. The second-order valence-electron chi connectivity index (χ2n) is 6.78. The number of anilines is 2. The smallest absolute Gasteiger partial charge is 0.393 e. The van der Waals surface area contributed by atoms with Gasteiger partial charge < -0.3 is 15.7 Å². The van der Waals surface area contributed by atoms with Gasteiger partial charge in [-0.2, -0.15) is 13.2 Å². The molecule has 6 nitrogen and oxygen atoms in total. The molecular weight excluding hydrogens is 373 g/mol. The van der Waals surface area contributed by atoms with Crippen LogP contribution in [0.1, 0.15) is 41.7 Å². The molecule has 0 radical (unpaired) electrons. The summed E-state index contributed by atoms with van der Waals surface area (Å²) < 4.78 is 37.9. The number of halogens is 3. The monoisotopic (exact) mass is 394 g/mol. The minimum absolute atomic E-state index is 0.0349. The van der Waals surface area contributed by atoms with Crippen molar-refractivity contribution in [2.45, 2.75) is 38.0 Å². The highest BCUT2D eigenvalue weighted by atomic mass is 19.4. The minimum atomic E-state index is -4.44. The van der Waals surface area contributed by atoms with Crippen molar-refractivity contribution >= 4 is 17.4 Å². The lowest BCUT2D eigenvalue weighted by molar-refractivity contribution is -0.137. The van der Waals surface area contributed by atoms with E-state index >= 15 is 0 Å². The van der Waals surface area contributed by atoms with E-state index in [4.69, 9.17) is 0 Å². The molecule has 1 aromatic carbocycles. The van der Waals surface area contributed by atoms with Gasteiger partial charge in [-0.25, -0.2) is 9.97 Å². The van der Waals surface area contributed by atoms with Gasteiger partial charge in [-0.1, -0.05) is 12.8 Å². The second-order valence-corrected chi connectivity index (χ2v) is 6.78. The zero-order valence-corrected chi connectivity index (χ0v) is 15.0. The number of nitrogens with zero attached hydrogens (tertiary/aromatic N) is 2. The maximum absolute atomic E-state index is 12.6. The van der Waals surface area contributed by atoms with Crippen molar-refractivity contribution < 1.29 is 23.1 Å². The van der Waals surface area contributed by atoms with Gasteiger partial charge in [0.05, 0.1) is 11.7 Å². The number of amides is 1. The quantitative estimate of drug-likeness (QED) is 0.720. The third-order valence-electron chi connectivity index (χ3n) is 4.78. The first-order chi connectivity index (χ1) is 13.3. The van der Waals surface area contributed by atoms with Crippen LogP contribution in [-0.2, 0) is 6.18 Å². The molecule has 0 saturated heterocycles. The van der Waals surface area contributed by atoms with E-state index in [9.17, 15) is 23.1 Å². The van der Waals surface area contributed by atoms with E-state index in [1.54, 1.807) is 0 Å². The maximum atomic E-state index is 12.6. The van der Waals surface area contributed by atoms with Gasteiger partial charge >= 0.3 is 6.18 Å². The summed E-state index contributed by atoms with van der Waals surface area (Å²) in [5.41, 5.74) is -0.539. The Labute approximate surface area is 160 Å². The van der Waals surface area contributed by atoms with Gasteiger partial charge in [-0.15, -0.1) is 0 Å². The summed E-state index contributed by atoms with van der Waals surface area (Å²) in [5, 5.41) is 15.7. The molecule has 1 aromatic heterocycles. The average Bonchev–Trinajstić information content (AvgIpc) is 2.67. The number of aliphatic hydroxyl groups excluding tert-OH is 1. The molecule has 1 saturated carbocycles. The van der Waals surface area contributed by atoms with E-state index in [0.29, 0.717) is 6.54 Å². The summed E-state index contributed by atoms with van der Waals surface area (Å²) in [4.78, 5) is 20.7. The molecule has 0 aliphatic heterocycles. The Morgan fingerprint density at radius 3 is 2.46 bits per heavy atom. The molecule has 1 aliphatic rings. The molecule has 28 heavy (non-hydrogen) atoms. The zero-order valence-electron chi connectivity index (χ0n) is 15.0. The Hall–Kier alpha value is -2.68.